The van der Waals surface area contributed by atoms with Gasteiger partial charge < -0.3 is 10.1 Å². The number of aromatic nitrogens is 1. The summed E-state index contributed by atoms with van der Waals surface area (Å²) >= 11 is 3.37. The molecule has 2 aromatic carbocycles. The van der Waals surface area contributed by atoms with E-state index in [0.29, 0.717) is 17.1 Å². The Labute approximate surface area is 166 Å². The Morgan fingerprint density at radius 2 is 1.89 bits per heavy atom. The Balaban J connectivity index is 1.64. The lowest BCUT2D eigenvalue weighted by atomic mass is 10.2. The number of nitrogens with zero attached hydrogens (tertiary/aromatic N) is 1. The van der Waals surface area contributed by atoms with Crippen molar-refractivity contribution in [3.8, 4) is 17.6 Å². The van der Waals surface area contributed by atoms with E-state index < -0.39 is 6.10 Å². The molecule has 1 heterocycles. The largest absolute Gasteiger partial charge is 0.481 e. The molecule has 5 heteroatoms. The number of ether oxygens (including phenoxy) is 1. The maximum atomic E-state index is 12.4. The van der Waals surface area contributed by atoms with Crippen LogP contribution in [0.3, 0.4) is 0 Å². The molecule has 1 aromatic heterocycles. The summed E-state index contributed by atoms with van der Waals surface area (Å²) in [5.41, 5.74) is 2.16. The molecule has 134 valence electrons. The first-order chi connectivity index (χ1) is 13.1. The van der Waals surface area contributed by atoms with Crippen molar-refractivity contribution in [1.29, 1.82) is 0 Å². The lowest BCUT2D eigenvalue weighted by molar-refractivity contribution is -0.122. The van der Waals surface area contributed by atoms with E-state index in [0.717, 1.165) is 10.0 Å². The van der Waals surface area contributed by atoms with Gasteiger partial charge in [0.25, 0.3) is 5.91 Å². The topological polar surface area (TPSA) is 51.2 Å². The molecule has 0 fully saturated rings. The lowest BCUT2D eigenvalue weighted by Gasteiger charge is -2.15. The van der Waals surface area contributed by atoms with E-state index in [1.807, 2.05) is 66.7 Å². The van der Waals surface area contributed by atoms with E-state index in [1.165, 1.54) is 0 Å². The fraction of sp³-hybridized carbons (Fsp3) is 0.0909. The Morgan fingerprint density at radius 3 is 2.63 bits per heavy atom. The quantitative estimate of drug-likeness (QED) is 0.624. The van der Waals surface area contributed by atoms with Gasteiger partial charge in [0.2, 0.25) is 0 Å². The highest BCUT2D eigenvalue weighted by Crippen LogP contribution is 2.18. The number of hydrogen-bond acceptors (Lipinski definition) is 3. The Morgan fingerprint density at radius 1 is 1.07 bits per heavy atom. The maximum absolute atomic E-state index is 12.4. The van der Waals surface area contributed by atoms with Crippen LogP contribution in [0.1, 0.15) is 18.2 Å². The molecule has 1 atom stereocenters. The summed E-state index contributed by atoms with van der Waals surface area (Å²) in [6.07, 6.45) is 1.07. The first-order valence-electron chi connectivity index (χ1n) is 8.36. The highest BCUT2D eigenvalue weighted by molar-refractivity contribution is 9.10. The van der Waals surface area contributed by atoms with Crippen LogP contribution in [0.4, 0.5) is 5.69 Å². The Bertz CT molecular complexity index is 976. The highest BCUT2D eigenvalue weighted by atomic mass is 79.9. The summed E-state index contributed by atoms with van der Waals surface area (Å²) in [4.78, 5) is 16.6. The zero-order valence-electron chi connectivity index (χ0n) is 14.6. The number of carbonyl (C=O) groups is 1. The number of amides is 1. The summed E-state index contributed by atoms with van der Waals surface area (Å²) in [7, 11) is 0. The van der Waals surface area contributed by atoms with E-state index in [-0.39, 0.29) is 5.91 Å². The molecule has 0 bridgehead atoms. The van der Waals surface area contributed by atoms with Crippen LogP contribution < -0.4 is 10.1 Å². The number of anilines is 1. The Kier molecular flexibility index (Phi) is 6.24. The summed E-state index contributed by atoms with van der Waals surface area (Å²) in [5, 5.41) is 2.86. The van der Waals surface area contributed by atoms with Crippen molar-refractivity contribution in [3.05, 3.63) is 88.7 Å². The third-order valence-corrected chi connectivity index (χ3v) is 4.15. The van der Waals surface area contributed by atoms with Crippen LogP contribution in [0.5, 0.6) is 5.75 Å². The van der Waals surface area contributed by atoms with E-state index in [4.69, 9.17) is 4.74 Å². The second-order valence-electron chi connectivity index (χ2n) is 5.75. The van der Waals surface area contributed by atoms with E-state index >= 15 is 0 Å². The van der Waals surface area contributed by atoms with Gasteiger partial charge in [-0.05, 0) is 67.4 Å². The van der Waals surface area contributed by atoms with Crippen molar-refractivity contribution >= 4 is 27.5 Å². The molecule has 0 radical (unpaired) electrons. The molecule has 0 aliphatic carbocycles. The van der Waals surface area contributed by atoms with Gasteiger partial charge >= 0.3 is 0 Å². The third kappa shape index (κ3) is 5.70. The molecule has 4 nitrogen and oxygen atoms in total. The molecule has 0 saturated carbocycles. The minimum Gasteiger partial charge on any atom is -0.481 e. The summed E-state index contributed by atoms with van der Waals surface area (Å²) < 4.78 is 6.62. The summed E-state index contributed by atoms with van der Waals surface area (Å²) in [6.45, 7) is 1.71. The van der Waals surface area contributed by atoms with Crippen molar-refractivity contribution in [1.82, 2.24) is 4.98 Å². The third-order valence-electron chi connectivity index (χ3n) is 3.63. The van der Waals surface area contributed by atoms with Crippen LogP contribution >= 0.6 is 15.9 Å². The number of benzene rings is 2. The molecule has 0 saturated heterocycles. The van der Waals surface area contributed by atoms with Crippen LogP contribution in [-0.2, 0) is 4.79 Å². The van der Waals surface area contributed by atoms with Crippen molar-refractivity contribution in [2.24, 2.45) is 0 Å². The number of rotatable bonds is 4. The maximum Gasteiger partial charge on any atom is 0.265 e. The second kappa shape index (κ2) is 9.02. The van der Waals surface area contributed by atoms with Crippen molar-refractivity contribution < 1.29 is 9.53 Å². The molecule has 0 aliphatic rings. The molecular weight excluding hydrogens is 404 g/mol. The van der Waals surface area contributed by atoms with Crippen LogP contribution in [0.25, 0.3) is 0 Å². The van der Waals surface area contributed by atoms with Gasteiger partial charge in [0.05, 0.1) is 0 Å². The van der Waals surface area contributed by atoms with Gasteiger partial charge in [-0.2, -0.15) is 0 Å². The van der Waals surface area contributed by atoms with Crippen LogP contribution in [-0.4, -0.2) is 17.0 Å². The average molecular weight is 421 g/mol. The monoisotopic (exact) mass is 420 g/mol. The highest BCUT2D eigenvalue weighted by Gasteiger charge is 2.15. The summed E-state index contributed by atoms with van der Waals surface area (Å²) in [5.74, 6) is 6.45. The van der Waals surface area contributed by atoms with Gasteiger partial charge in [-0.3, -0.25) is 4.79 Å². The predicted molar refractivity (Wildman–Crippen MR) is 110 cm³/mol. The molecule has 3 rings (SSSR count). The number of halogens is 1. The fourth-order valence-corrected chi connectivity index (χ4v) is 2.53. The minimum absolute atomic E-state index is 0.229. The van der Waals surface area contributed by atoms with Gasteiger partial charge in [0.15, 0.2) is 6.10 Å². The number of hydrogen-bond donors (Lipinski definition) is 1. The standard InChI is InChI=1S/C22H17BrN2O2/c1-16(27-21-12-9-18(23)10-13-21)22(26)25-20-7-4-5-17(15-20)8-11-19-6-2-3-14-24-19/h2-7,9-10,12-16H,1H3,(H,25,26). The molecule has 27 heavy (non-hydrogen) atoms. The zero-order chi connectivity index (χ0) is 19.1. The number of carbonyl (C=O) groups excluding carboxylic acids is 1. The van der Waals surface area contributed by atoms with Crippen molar-refractivity contribution in [3.63, 3.8) is 0 Å². The van der Waals surface area contributed by atoms with Crippen molar-refractivity contribution in [2.75, 3.05) is 5.32 Å². The number of pyridine rings is 1. The smallest absolute Gasteiger partial charge is 0.265 e. The van der Waals surface area contributed by atoms with Gasteiger partial charge in [0.1, 0.15) is 11.4 Å². The summed E-state index contributed by atoms with van der Waals surface area (Å²) in [6, 6.07) is 20.3. The molecule has 1 unspecified atom stereocenters. The zero-order valence-corrected chi connectivity index (χ0v) is 16.2. The predicted octanol–water partition coefficient (Wildman–Crippen LogP) is 4.65. The first-order valence-corrected chi connectivity index (χ1v) is 9.16. The second-order valence-corrected chi connectivity index (χ2v) is 6.66. The number of nitrogens with one attached hydrogen (secondary N) is 1. The van der Waals surface area contributed by atoms with Crippen LogP contribution in [0, 0.1) is 11.8 Å². The van der Waals surface area contributed by atoms with Crippen LogP contribution in [0.15, 0.2) is 77.4 Å². The molecule has 1 amide bonds. The average Bonchev–Trinajstić information content (AvgIpc) is 2.69. The van der Waals surface area contributed by atoms with Gasteiger partial charge in [-0.1, -0.05) is 34.0 Å². The van der Waals surface area contributed by atoms with Gasteiger partial charge in [-0.15, -0.1) is 0 Å². The first kappa shape index (κ1) is 18.7. The SMILES string of the molecule is CC(Oc1ccc(Br)cc1)C(=O)Nc1cccc(C#Cc2ccccn2)c1. The van der Waals surface area contributed by atoms with E-state index in [2.05, 4.69) is 38.1 Å². The van der Waals surface area contributed by atoms with E-state index in [9.17, 15) is 4.79 Å². The molecule has 0 aliphatic heterocycles. The lowest BCUT2D eigenvalue weighted by Crippen LogP contribution is -2.30. The normalized spacial score (nSPS) is 11.0. The minimum atomic E-state index is -0.630. The Hall–Kier alpha value is -3.10. The van der Waals surface area contributed by atoms with Crippen molar-refractivity contribution in [2.45, 2.75) is 13.0 Å². The molecule has 3 aromatic rings. The molecule has 1 N–H and O–H groups in total. The molecular formula is C22H17BrN2O2. The van der Waals surface area contributed by atoms with Gasteiger partial charge in [0, 0.05) is 21.9 Å². The van der Waals surface area contributed by atoms with Crippen LogP contribution in [0.2, 0.25) is 0 Å². The van der Waals surface area contributed by atoms with Gasteiger partial charge in [-0.25, -0.2) is 4.98 Å². The van der Waals surface area contributed by atoms with E-state index in [1.54, 1.807) is 13.1 Å². The molecule has 0 spiro atoms. The fourth-order valence-electron chi connectivity index (χ4n) is 2.26.